The molecule has 448 valence electrons. The molecular weight excluding hydrogens is 1320 g/mol. The summed E-state index contributed by atoms with van der Waals surface area (Å²) in [6, 6.07) is 13.6. The minimum absolute atomic E-state index is 0.0119. The van der Waals surface area contributed by atoms with Gasteiger partial charge in [0.1, 0.15) is 17.6 Å². The summed E-state index contributed by atoms with van der Waals surface area (Å²) in [6.07, 6.45) is 3.50. The number of aliphatic hydroxyl groups excluding tert-OH is 1. The summed E-state index contributed by atoms with van der Waals surface area (Å²) in [5.41, 5.74) is 4.08. The van der Waals surface area contributed by atoms with Gasteiger partial charge in [0.25, 0.3) is 5.88 Å². The normalized spacial score (nSPS) is 19.9. The third-order valence-electron chi connectivity index (χ3n) is 16.7. The molecule has 3 amide bonds. The molecule has 0 aliphatic carbocycles. The van der Waals surface area contributed by atoms with Crippen molar-refractivity contribution >= 4 is 82.5 Å². The largest absolute Gasteiger partial charge is 0.357 e. The predicted octanol–water partition coefficient (Wildman–Crippen LogP) is 9.06. The summed E-state index contributed by atoms with van der Waals surface area (Å²) in [4.78, 5) is 68.9. The molecular formula is C63H69F2N10O9STl. The molecule has 19 nitrogen and oxygen atoms in total. The average molecular weight is 1380 g/mol. The maximum Gasteiger partial charge on any atom is -0.00134 e. The fraction of sp³-hybridized carbons (Fsp3) is 0.460. The number of aryl methyl sites for hydroxylation is 1. The van der Waals surface area contributed by atoms with E-state index in [0.717, 1.165) is 60.5 Å². The number of hydrogen-bond acceptors (Lipinski definition) is 17. The summed E-state index contributed by atoms with van der Waals surface area (Å²) in [7, 11) is 0. The predicted molar refractivity (Wildman–Crippen MR) is 321 cm³/mol. The van der Waals surface area contributed by atoms with Gasteiger partial charge in [-0.25, -0.2) is 9.78 Å². The van der Waals surface area contributed by atoms with E-state index in [2.05, 4.69) is 39.7 Å². The minimum Gasteiger partial charge on any atom is -0.357 e. The van der Waals surface area contributed by atoms with Crippen LogP contribution in [0.15, 0.2) is 70.8 Å². The number of pyridine rings is 1. The molecule has 11 rings (SSSR count). The van der Waals surface area contributed by atoms with Crippen LogP contribution in [0.1, 0.15) is 108 Å². The van der Waals surface area contributed by atoms with Crippen LogP contribution >= 0.6 is 11.3 Å². The molecule has 3 N–H and O–H groups in total. The van der Waals surface area contributed by atoms with Crippen LogP contribution in [0.5, 0.6) is 17.6 Å². The second-order valence-electron chi connectivity index (χ2n) is 24.2. The number of nitrogens with zero attached hydrogens (tertiary/aromatic N) is 9. The Morgan fingerprint density at radius 3 is 2.38 bits per heavy atom. The van der Waals surface area contributed by atoms with Crippen molar-refractivity contribution in [3.63, 3.8) is 0 Å². The first-order chi connectivity index (χ1) is 41.2. The standard InChI is InChI=1S/C63H69F2N10O9S.Tl/c1-9-45-48(64)17-14-40-24-43(76)25-46(53(40)45)55-54(65)56-47(28-66-55)58(73-29-41-15-16-42(30-73)75(41)62(80)83-63(6,7)8)70-61(69-56)81-23-22-72-20-18-37(19-21-72)32-82-51-27-50(84-71-51)52(34(2)3)60(79)74-31-44(77)26-49(74)59(78)68-35(4)38-10-12-39(13-11-38)57-36(5)67-33-85-57;/h10-14,17,24-25,27-28,33-35,37,41-42,44,49,52,76-77H,15-16,18-23,26,29-32H2,2-8H3,(H,68,78);/t35-,41?,42?,44+,49-,52-;/m0./s1. The molecule has 4 aliphatic rings. The van der Waals surface area contributed by atoms with Crippen molar-refractivity contribution in [2.75, 3.05) is 57.4 Å². The van der Waals surface area contributed by atoms with Crippen molar-refractivity contribution in [2.45, 2.75) is 122 Å². The number of phenols is 1. The van der Waals surface area contributed by atoms with E-state index >= 15 is 8.78 Å². The van der Waals surface area contributed by atoms with Gasteiger partial charge in [0.15, 0.2) is 5.76 Å². The zero-order valence-electron chi connectivity index (χ0n) is 49.2. The molecule has 4 saturated heterocycles. The van der Waals surface area contributed by atoms with E-state index in [4.69, 9.17) is 23.7 Å². The number of aromatic hydroxyl groups is 1. The molecule has 23 heteroatoms. The van der Waals surface area contributed by atoms with Crippen LogP contribution in [-0.4, -0.2) is 176 Å². The number of fused-ring (bicyclic) bond motifs is 4. The van der Waals surface area contributed by atoms with Crippen LogP contribution in [0, 0.1) is 39.8 Å². The number of β-amino-alcohol motifs (C(OH)–C–C–N with tert-alkyl or cyclic N) is 1. The summed E-state index contributed by atoms with van der Waals surface area (Å²) >= 11 is 1.83. The molecule has 8 heterocycles. The van der Waals surface area contributed by atoms with Gasteiger partial charge in [-0.3, -0.25) is 19.4 Å². The first-order valence-electron chi connectivity index (χ1n) is 29.2. The SMILES string of the molecule is Cc1ncsc1-c1ccc([C@H](C)NC(=O)[C@@H]2C[C@@H](O)CN2C(=O)[C@H](c2cc(OCC3CCN(CCOc4nc(N5CC6CCC(C5)N6C(=O)OC(C)(C)C)c5cnc(-c6cc(O)cc7ccc(F)c(C#[C][Tl])c67)c(F)c5n4)CC3)no2)C(C)C)cc1. The van der Waals surface area contributed by atoms with Crippen molar-refractivity contribution in [3.8, 4) is 48.7 Å². The van der Waals surface area contributed by atoms with Gasteiger partial charge in [-0.1, -0.05) is 38.1 Å². The zero-order chi connectivity index (χ0) is 60.7. The number of likely N-dealkylation sites (tertiary alicyclic amines) is 2. The number of nitrogens with one attached hydrogen (secondary N) is 1. The second kappa shape index (κ2) is 25.3. The molecule has 3 aromatic carbocycles. The van der Waals surface area contributed by atoms with Gasteiger partial charge in [-0.2, -0.15) is 0 Å². The van der Waals surface area contributed by atoms with Gasteiger partial charge < -0.3 is 29.3 Å². The molecule has 6 atom stereocenters. The van der Waals surface area contributed by atoms with E-state index in [0.29, 0.717) is 54.0 Å². The number of phenolic OH excluding ortho intramolecular Hbond substituents is 1. The van der Waals surface area contributed by atoms with E-state index in [-0.39, 0.29) is 133 Å². The molecule has 2 bridgehead atoms. The smallest absolute Gasteiger partial charge is 0.00134 e. The summed E-state index contributed by atoms with van der Waals surface area (Å²) in [5, 5.41) is 30.0. The molecule has 2 unspecified atom stereocenters. The van der Waals surface area contributed by atoms with Crippen molar-refractivity contribution in [1.29, 1.82) is 0 Å². The van der Waals surface area contributed by atoms with Crippen LogP contribution in [-0.2, 0) is 14.3 Å². The quantitative estimate of drug-likeness (QED) is 0.0606. The van der Waals surface area contributed by atoms with E-state index in [9.17, 15) is 24.6 Å². The molecule has 0 radical (unpaired) electrons. The fourth-order valence-electron chi connectivity index (χ4n) is 12.5. The van der Waals surface area contributed by atoms with Gasteiger partial charge in [0.2, 0.25) is 11.8 Å². The van der Waals surface area contributed by atoms with E-state index < -0.39 is 35.3 Å². The topological polar surface area (TPSA) is 222 Å². The second-order valence-corrected chi connectivity index (χ2v) is 26.2. The third kappa shape index (κ3) is 12.8. The number of rotatable bonds is 16. The average Bonchev–Trinajstić information content (AvgIpc) is 0.974. The number of thiazole rings is 1. The Bertz CT molecular complexity index is 3730. The Balaban J connectivity index is 0.730. The first-order valence-corrected chi connectivity index (χ1v) is 32.4. The maximum atomic E-state index is 17.4. The van der Waals surface area contributed by atoms with Crippen LogP contribution in [0.25, 0.3) is 43.4 Å². The number of anilines is 1. The van der Waals surface area contributed by atoms with Crippen molar-refractivity contribution in [2.24, 2.45) is 11.8 Å². The van der Waals surface area contributed by atoms with E-state index in [1.54, 1.807) is 17.4 Å². The molecule has 0 saturated carbocycles. The number of carbonyl (C=O) groups excluding carboxylic acids is 3. The minimum atomic E-state index is -0.875. The van der Waals surface area contributed by atoms with E-state index in [1.807, 2.05) is 88.0 Å². The van der Waals surface area contributed by atoms with Gasteiger partial charge >= 0.3 is 198 Å². The molecule has 4 fully saturated rings. The number of amides is 3. The molecule has 0 spiro atoms. The van der Waals surface area contributed by atoms with Crippen molar-refractivity contribution < 1.29 is 52.1 Å². The first kappa shape index (κ1) is 60.6. The number of ether oxygens (including phenoxy) is 3. The van der Waals surface area contributed by atoms with Crippen LogP contribution in [0.2, 0.25) is 0 Å². The summed E-state index contributed by atoms with van der Waals surface area (Å²) in [6.45, 7) is 16.6. The molecule has 7 aromatic rings. The number of aromatic nitrogens is 5. The molecule has 4 aromatic heterocycles. The Morgan fingerprint density at radius 1 is 0.953 bits per heavy atom. The summed E-state index contributed by atoms with van der Waals surface area (Å²) in [5.74, 6) is 0.815. The number of aliphatic hydroxyl groups is 1. The van der Waals surface area contributed by atoms with Gasteiger partial charge in [0, 0.05) is 25.6 Å². The third-order valence-corrected chi connectivity index (χ3v) is 18.3. The number of piperazine rings is 1. The van der Waals surface area contributed by atoms with Crippen molar-refractivity contribution in [1.82, 2.24) is 45.1 Å². The van der Waals surface area contributed by atoms with Crippen molar-refractivity contribution in [3.05, 3.63) is 101 Å². The number of carbonyl (C=O) groups is 3. The van der Waals surface area contributed by atoms with Crippen LogP contribution < -0.4 is 19.7 Å². The Hall–Kier alpha value is -7.08. The van der Waals surface area contributed by atoms with Crippen LogP contribution in [0.3, 0.4) is 0 Å². The van der Waals surface area contributed by atoms with Gasteiger partial charge in [0.05, 0.1) is 46.9 Å². The number of benzene rings is 3. The maximum absolute atomic E-state index is 17.4. The molecule has 86 heavy (non-hydrogen) atoms. The Morgan fingerprint density at radius 2 is 1.70 bits per heavy atom. The van der Waals surface area contributed by atoms with Gasteiger partial charge in [-0.05, 0) is 102 Å². The summed E-state index contributed by atoms with van der Waals surface area (Å²) < 4.78 is 59.8. The number of piperidine rings is 1. The number of hydrogen-bond donors (Lipinski definition) is 3. The van der Waals surface area contributed by atoms with Gasteiger partial charge in [-0.15, -0.1) is 11.3 Å². The fourth-order valence-corrected chi connectivity index (χ4v) is 13.8. The zero-order valence-corrected chi connectivity index (χ0v) is 54.5. The van der Waals surface area contributed by atoms with E-state index in [1.165, 1.54) is 35.4 Å². The number of halogens is 2. The van der Waals surface area contributed by atoms with Crippen LogP contribution in [0.4, 0.5) is 19.4 Å². The Labute approximate surface area is 517 Å². The monoisotopic (exact) mass is 1380 g/mol. The molecule has 4 aliphatic heterocycles. The Kier molecular flexibility index (Phi) is 17.8.